The maximum Gasteiger partial charge on any atom is 0.309 e. The van der Waals surface area contributed by atoms with E-state index in [2.05, 4.69) is 26.0 Å². The molecule has 0 aromatic carbocycles. The molecule has 0 saturated heterocycles. The van der Waals surface area contributed by atoms with Gasteiger partial charge in [0.05, 0.1) is 18.1 Å². The van der Waals surface area contributed by atoms with E-state index >= 15 is 0 Å². The number of unbranched alkanes of at least 4 members (excludes halogenated alkanes) is 6. The van der Waals surface area contributed by atoms with Crippen molar-refractivity contribution in [3.05, 3.63) is 12.2 Å². The van der Waals surface area contributed by atoms with Crippen molar-refractivity contribution < 1.29 is 20.1 Å². The first-order valence-corrected chi connectivity index (χ1v) is 13.2. The van der Waals surface area contributed by atoms with Gasteiger partial charge < -0.3 is 15.3 Å². The topological polar surface area (TPSA) is 77.8 Å². The van der Waals surface area contributed by atoms with Crippen molar-refractivity contribution in [2.24, 2.45) is 17.8 Å². The molecule has 5 atom stereocenters. The van der Waals surface area contributed by atoms with E-state index in [1.54, 1.807) is 0 Å². The van der Waals surface area contributed by atoms with E-state index in [1.807, 2.05) is 0 Å². The Morgan fingerprint density at radius 1 is 0.774 bits per heavy atom. The molecule has 1 aliphatic rings. The van der Waals surface area contributed by atoms with Crippen LogP contribution < -0.4 is 0 Å². The molecule has 0 saturated carbocycles. The average Bonchev–Trinajstić information content (AvgIpc) is 2.75. The fraction of sp³-hybridized carbons (Fsp3) is 0.889. The number of carboxylic acids is 1. The van der Waals surface area contributed by atoms with Crippen LogP contribution in [0.25, 0.3) is 0 Å². The van der Waals surface area contributed by atoms with Crippen LogP contribution >= 0.6 is 0 Å². The summed E-state index contributed by atoms with van der Waals surface area (Å²) in [4.78, 5) is 11.6. The van der Waals surface area contributed by atoms with Gasteiger partial charge in [-0.25, -0.2) is 0 Å². The van der Waals surface area contributed by atoms with Crippen LogP contribution in [0.3, 0.4) is 0 Å². The summed E-state index contributed by atoms with van der Waals surface area (Å²) in [7, 11) is 0. The van der Waals surface area contributed by atoms with Gasteiger partial charge in [0, 0.05) is 0 Å². The van der Waals surface area contributed by atoms with Crippen molar-refractivity contribution in [2.45, 2.75) is 135 Å². The molecular weight excluding hydrogens is 388 g/mol. The molecule has 31 heavy (non-hydrogen) atoms. The molecular formula is C27H50O4. The third kappa shape index (κ3) is 13.3. The molecule has 182 valence electrons. The first-order chi connectivity index (χ1) is 15.0. The second-order valence-corrected chi connectivity index (χ2v) is 9.86. The number of allylic oxidation sites excluding steroid dienone is 2. The monoisotopic (exact) mass is 438 g/mol. The Hall–Kier alpha value is -0.870. The minimum Gasteiger partial charge on any atom is -0.481 e. The number of rotatable bonds is 19. The number of aliphatic carboxylic acids is 1. The number of aliphatic hydroxyl groups excluding tert-OH is 2. The number of hydrogen-bond donors (Lipinski definition) is 3. The Bertz CT molecular complexity index is 476. The zero-order valence-electron chi connectivity index (χ0n) is 20.3. The molecule has 0 heterocycles. The quantitative estimate of drug-likeness (QED) is 0.152. The highest BCUT2D eigenvalue weighted by molar-refractivity contribution is 5.70. The van der Waals surface area contributed by atoms with Crippen LogP contribution in [0.2, 0.25) is 0 Å². The SMILES string of the molecule is CCCCCC(O)CCC(O)C(CCCCCC1C=CC(CCCCC)CC1)C(=O)O. The normalized spacial score (nSPS) is 21.7. The molecule has 5 unspecified atom stereocenters. The zero-order valence-corrected chi connectivity index (χ0v) is 20.3. The molecule has 0 spiro atoms. The number of hydrogen-bond acceptors (Lipinski definition) is 3. The van der Waals surface area contributed by atoms with Gasteiger partial charge >= 0.3 is 5.97 Å². The standard InChI is InChI=1S/C27H50O4/c1-3-5-8-12-22-16-18-23(19-17-22)13-10-7-11-15-25(27(30)31)26(29)21-20-24(28)14-9-6-4-2/h16,18,22-26,28-29H,3-15,17,19-21H2,1-2H3,(H,30,31). The molecule has 0 aromatic rings. The van der Waals surface area contributed by atoms with E-state index in [1.165, 1.54) is 44.9 Å². The van der Waals surface area contributed by atoms with Crippen molar-refractivity contribution in [3.63, 3.8) is 0 Å². The summed E-state index contributed by atoms with van der Waals surface area (Å²) in [6.07, 6.45) is 21.1. The van der Waals surface area contributed by atoms with Crippen molar-refractivity contribution in [1.29, 1.82) is 0 Å². The van der Waals surface area contributed by atoms with Gasteiger partial charge in [0.15, 0.2) is 0 Å². The van der Waals surface area contributed by atoms with Crippen LogP contribution in [0.1, 0.15) is 123 Å². The fourth-order valence-corrected chi connectivity index (χ4v) is 4.84. The van der Waals surface area contributed by atoms with E-state index in [0.29, 0.717) is 25.2 Å². The van der Waals surface area contributed by atoms with Crippen LogP contribution in [-0.4, -0.2) is 33.5 Å². The fourth-order valence-electron chi connectivity index (χ4n) is 4.84. The maximum absolute atomic E-state index is 11.6. The lowest BCUT2D eigenvalue weighted by atomic mass is 9.83. The van der Waals surface area contributed by atoms with E-state index in [0.717, 1.165) is 50.9 Å². The third-order valence-electron chi connectivity index (χ3n) is 7.05. The predicted octanol–water partition coefficient (Wildman–Crippen LogP) is 6.88. The lowest BCUT2D eigenvalue weighted by Crippen LogP contribution is -2.29. The van der Waals surface area contributed by atoms with Gasteiger partial charge in [-0.05, 0) is 63.2 Å². The smallest absolute Gasteiger partial charge is 0.309 e. The largest absolute Gasteiger partial charge is 0.481 e. The van der Waals surface area contributed by atoms with Crippen molar-refractivity contribution >= 4 is 5.97 Å². The average molecular weight is 439 g/mol. The summed E-state index contributed by atoms with van der Waals surface area (Å²) < 4.78 is 0. The van der Waals surface area contributed by atoms with Gasteiger partial charge in [-0.2, -0.15) is 0 Å². The molecule has 0 fully saturated rings. The molecule has 0 amide bonds. The van der Waals surface area contributed by atoms with Gasteiger partial charge in [-0.3, -0.25) is 4.79 Å². The van der Waals surface area contributed by atoms with Gasteiger partial charge in [0.1, 0.15) is 0 Å². The summed E-state index contributed by atoms with van der Waals surface area (Å²) in [6, 6.07) is 0. The molecule has 1 rings (SSSR count). The van der Waals surface area contributed by atoms with E-state index in [-0.39, 0.29) is 0 Å². The predicted molar refractivity (Wildman–Crippen MR) is 129 cm³/mol. The highest BCUT2D eigenvalue weighted by Gasteiger charge is 2.26. The minimum atomic E-state index is -0.905. The van der Waals surface area contributed by atoms with E-state index in [9.17, 15) is 20.1 Å². The number of carbonyl (C=O) groups is 1. The van der Waals surface area contributed by atoms with Crippen LogP contribution in [-0.2, 0) is 4.79 Å². The molecule has 0 aliphatic heterocycles. The van der Waals surface area contributed by atoms with E-state index < -0.39 is 24.1 Å². The Morgan fingerprint density at radius 2 is 1.32 bits per heavy atom. The first kappa shape index (κ1) is 28.2. The van der Waals surface area contributed by atoms with Crippen LogP contribution in [0.5, 0.6) is 0 Å². The van der Waals surface area contributed by atoms with Gasteiger partial charge in [0.25, 0.3) is 0 Å². The zero-order chi connectivity index (χ0) is 22.9. The molecule has 1 aliphatic carbocycles. The van der Waals surface area contributed by atoms with Crippen LogP contribution in [0.4, 0.5) is 0 Å². The van der Waals surface area contributed by atoms with Crippen molar-refractivity contribution in [2.75, 3.05) is 0 Å². The lowest BCUT2D eigenvalue weighted by molar-refractivity contribution is -0.146. The van der Waals surface area contributed by atoms with Crippen LogP contribution in [0, 0.1) is 17.8 Å². The Balaban J connectivity index is 2.19. The molecule has 4 heteroatoms. The van der Waals surface area contributed by atoms with Crippen molar-refractivity contribution in [1.82, 2.24) is 0 Å². The van der Waals surface area contributed by atoms with Gasteiger partial charge in [-0.1, -0.05) is 83.8 Å². The molecule has 0 aromatic heterocycles. The lowest BCUT2D eigenvalue weighted by Gasteiger charge is -2.23. The molecule has 4 nitrogen and oxygen atoms in total. The second-order valence-electron chi connectivity index (χ2n) is 9.86. The summed E-state index contributed by atoms with van der Waals surface area (Å²) in [5.41, 5.74) is 0. The molecule has 3 N–H and O–H groups in total. The van der Waals surface area contributed by atoms with E-state index in [4.69, 9.17) is 0 Å². The summed E-state index contributed by atoms with van der Waals surface area (Å²) in [6.45, 7) is 4.39. The third-order valence-corrected chi connectivity index (χ3v) is 7.05. The van der Waals surface area contributed by atoms with Gasteiger partial charge in [0.2, 0.25) is 0 Å². The number of aliphatic hydroxyl groups is 2. The number of carboxylic acid groups (broad SMARTS) is 1. The highest BCUT2D eigenvalue weighted by Crippen LogP contribution is 2.29. The van der Waals surface area contributed by atoms with Gasteiger partial charge in [-0.15, -0.1) is 0 Å². The summed E-state index contributed by atoms with van der Waals surface area (Å²) >= 11 is 0. The summed E-state index contributed by atoms with van der Waals surface area (Å²) in [5.74, 6) is -0.137. The first-order valence-electron chi connectivity index (χ1n) is 13.2. The molecule has 0 bridgehead atoms. The van der Waals surface area contributed by atoms with Crippen molar-refractivity contribution in [3.8, 4) is 0 Å². The summed E-state index contributed by atoms with van der Waals surface area (Å²) in [5, 5.41) is 29.9. The highest BCUT2D eigenvalue weighted by atomic mass is 16.4. The van der Waals surface area contributed by atoms with Crippen LogP contribution in [0.15, 0.2) is 12.2 Å². The second kappa shape index (κ2) is 17.7. The maximum atomic E-state index is 11.6. The Kier molecular flexibility index (Phi) is 16.0. The minimum absolute atomic E-state index is 0.372. The molecule has 0 radical (unpaired) electrons. The Labute approximate surface area is 191 Å². The Morgan fingerprint density at radius 3 is 1.87 bits per heavy atom.